The first-order valence-electron chi connectivity index (χ1n) is 9.71. The molecule has 0 aliphatic carbocycles. The summed E-state index contributed by atoms with van der Waals surface area (Å²) in [6.07, 6.45) is -5.04. The second-order valence-electron chi connectivity index (χ2n) is 7.37. The van der Waals surface area contributed by atoms with E-state index in [1.165, 1.54) is 4.57 Å². The zero-order valence-corrected chi connectivity index (χ0v) is 15.9. The van der Waals surface area contributed by atoms with E-state index in [-0.39, 0.29) is 22.9 Å². The van der Waals surface area contributed by atoms with Crippen molar-refractivity contribution in [2.45, 2.75) is 44.3 Å². The van der Waals surface area contributed by atoms with Crippen LogP contribution in [0.3, 0.4) is 0 Å². The minimum Gasteiger partial charge on any atom is -0.394 e. The van der Waals surface area contributed by atoms with E-state index in [2.05, 4.69) is 23.8 Å². The van der Waals surface area contributed by atoms with Crippen molar-refractivity contribution in [1.29, 1.82) is 0 Å². The summed E-state index contributed by atoms with van der Waals surface area (Å²) in [5, 5.41) is 30.2. The van der Waals surface area contributed by atoms with Gasteiger partial charge in [-0.3, -0.25) is 9.36 Å². The Hall–Kier alpha value is -2.79. The van der Waals surface area contributed by atoms with E-state index in [0.717, 1.165) is 10.5 Å². The van der Waals surface area contributed by atoms with Crippen LogP contribution < -0.4 is 11.3 Å². The number of hydrogen-bond acceptors (Lipinski definition) is 8. The number of fused-ring (bicyclic) bond motifs is 1. The molecule has 1 fully saturated rings. The number of nitrogens with one attached hydrogen (secondary N) is 1. The third kappa shape index (κ3) is 3.19. The van der Waals surface area contributed by atoms with Gasteiger partial charge in [0, 0.05) is 5.56 Å². The van der Waals surface area contributed by atoms with Crippen LogP contribution in [0.1, 0.15) is 31.6 Å². The first-order valence-corrected chi connectivity index (χ1v) is 9.27. The summed E-state index contributed by atoms with van der Waals surface area (Å²) in [6, 6.07) is 7.45. The molecule has 1 aliphatic rings. The van der Waals surface area contributed by atoms with Gasteiger partial charge in [0.1, 0.15) is 29.8 Å². The number of aromatic amines is 1. The van der Waals surface area contributed by atoms with Crippen LogP contribution in [-0.4, -0.2) is 59.8 Å². The van der Waals surface area contributed by atoms with Gasteiger partial charge in [-0.15, -0.1) is 0 Å². The van der Waals surface area contributed by atoms with E-state index < -0.39 is 36.7 Å². The first kappa shape index (κ1) is 18.3. The van der Waals surface area contributed by atoms with Crippen LogP contribution in [0, 0.1) is 0 Å². The number of rotatable bonds is 4. The normalized spacial score (nSPS) is 25.1. The fourth-order valence-electron chi connectivity index (χ4n) is 3.52. The van der Waals surface area contributed by atoms with Crippen molar-refractivity contribution < 1.29 is 21.5 Å². The van der Waals surface area contributed by atoms with Crippen molar-refractivity contribution in [3.8, 4) is 11.4 Å². The van der Waals surface area contributed by atoms with Gasteiger partial charge < -0.3 is 30.8 Å². The maximum Gasteiger partial charge on any atom is 0.302 e. The average Bonchev–Trinajstić information content (AvgIpc) is 3.25. The van der Waals surface area contributed by atoms with Crippen LogP contribution in [-0.2, 0) is 4.74 Å². The highest BCUT2D eigenvalue weighted by molar-refractivity contribution is 5.77. The Morgan fingerprint density at radius 3 is 2.55 bits per heavy atom. The largest absolute Gasteiger partial charge is 0.394 e. The Kier molecular flexibility index (Phi) is 4.55. The SMILES string of the molecule is [2H]n1c(N)nc(=O)c2nc(-c3ccc(C(C)C)cc3)n([C@@H]3O[C@H](CO)[C@@H](O)[C@H]3O)c21. The van der Waals surface area contributed by atoms with Gasteiger partial charge in [-0.25, -0.2) is 4.98 Å². The highest BCUT2D eigenvalue weighted by Crippen LogP contribution is 2.35. The number of H-pyrrole nitrogens is 1. The number of hydrogen-bond donors (Lipinski definition) is 5. The number of aromatic nitrogens is 4. The average molecular weight is 402 g/mol. The van der Waals surface area contributed by atoms with Crippen LogP contribution in [0.2, 0.25) is 1.41 Å². The highest BCUT2D eigenvalue weighted by Gasteiger charge is 2.45. The summed E-state index contributed by atoms with van der Waals surface area (Å²) in [4.78, 5) is 21.1. The van der Waals surface area contributed by atoms with E-state index in [1.54, 1.807) is 0 Å². The van der Waals surface area contributed by atoms with E-state index in [4.69, 9.17) is 11.9 Å². The summed E-state index contributed by atoms with van der Waals surface area (Å²) in [5.74, 6) is 0.189. The number of aliphatic hydroxyl groups excluding tert-OH is 3. The minimum absolute atomic E-state index is 0.0368. The van der Waals surface area contributed by atoms with Crippen LogP contribution >= 0.6 is 0 Å². The number of aliphatic hydroxyl groups is 3. The fourth-order valence-corrected chi connectivity index (χ4v) is 3.52. The monoisotopic (exact) mass is 402 g/mol. The number of nitrogen functional groups attached to an aromatic ring is 1. The molecule has 0 saturated carbocycles. The Labute approximate surface area is 167 Å². The summed E-state index contributed by atoms with van der Waals surface area (Å²) in [7, 11) is 0. The molecular formula is C19H23N5O5. The Bertz CT molecular complexity index is 1140. The second-order valence-corrected chi connectivity index (χ2v) is 7.37. The number of anilines is 1. The summed E-state index contributed by atoms with van der Waals surface area (Å²) in [5.41, 5.74) is 6.51. The molecule has 3 heterocycles. The van der Waals surface area contributed by atoms with Crippen molar-refractivity contribution in [3.05, 3.63) is 40.2 Å². The predicted molar refractivity (Wildman–Crippen MR) is 105 cm³/mol. The van der Waals surface area contributed by atoms with Gasteiger partial charge >= 0.3 is 5.56 Å². The molecule has 0 amide bonds. The third-order valence-electron chi connectivity index (χ3n) is 5.13. The van der Waals surface area contributed by atoms with Crippen LogP contribution in [0.25, 0.3) is 22.6 Å². The molecule has 29 heavy (non-hydrogen) atoms. The number of imidazole rings is 1. The lowest BCUT2D eigenvalue weighted by Crippen LogP contribution is -2.33. The standard InChI is InChI=1S/C19H23N5O5/c1-8(2)9-3-5-10(6-4-9)15-21-12-16(22-19(20)23-17(12)28)24(15)18-14(27)13(26)11(7-25)29-18/h3-6,8,11,13-14,18,25-27H,7H2,1-2H3,(H3,20,22,23,28)/t11-,13-,14-,18-/m1/s1/i/hD. The molecule has 3 aromatic rings. The maximum atomic E-state index is 12.4. The molecule has 10 nitrogen and oxygen atoms in total. The topological polar surface area (TPSA) is 160 Å². The van der Waals surface area contributed by atoms with Crippen molar-refractivity contribution >= 4 is 17.1 Å². The molecule has 4 rings (SSSR count). The molecule has 1 saturated heterocycles. The third-order valence-corrected chi connectivity index (χ3v) is 5.13. The van der Waals surface area contributed by atoms with Crippen molar-refractivity contribution in [2.75, 3.05) is 12.3 Å². The van der Waals surface area contributed by atoms with Crippen molar-refractivity contribution in [2.24, 2.45) is 0 Å². The van der Waals surface area contributed by atoms with Gasteiger partial charge in [0.25, 0.3) is 0 Å². The number of benzene rings is 1. The smallest absolute Gasteiger partial charge is 0.302 e. The molecule has 6 N–H and O–H groups in total. The highest BCUT2D eigenvalue weighted by atomic mass is 16.6. The zero-order valence-electron chi connectivity index (χ0n) is 16.9. The zero-order chi connectivity index (χ0) is 21.7. The van der Waals surface area contributed by atoms with E-state index in [1.807, 2.05) is 24.3 Å². The summed E-state index contributed by atoms with van der Waals surface area (Å²) < 4.78 is 15.2. The molecule has 0 spiro atoms. The lowest BCUT2D eigenvalue weighted by molar-refractivity contribution is -0.0503. The molecule has 0 bridgehead atoms. The molecule has 0 radical (unpaired) electrons. The van der Waals surface area contributed by atoms with Gasteiger partial charge in [0.2, 0.25) is 5.95 Å². The van der Waals surface area contributed by atoms with Gasteiger partial charge in [-0.1, -0.05) is 38.1 Å². The van der Waals surface area contributed by atoms with Crippen LogP contribution in [0.4, 0.5) is 5.95 Å². The lowest BCUT2D eigenvalue weighted by Gasteiger charge is -2.20. The molecule has 4 atom stereocenters. The molecular weight excluding hydrogens is 378 g/mol. The molecule has 0 unspecified atom stereocenters. The first-order chi connectivity index (χ1) is 14.2. The van der Waals surface area contributed by atoms with E-state index in [9.17, 15) is 20.1 Å². The molecule has 1 aromatic carbocycles. The van der Waals surface area contributed by atoms with E-state index >= 15 is 0 Å². The Morgan fingerprint density at radius 1 is 1.28 bits per heavy atom. The Balaban J connectivity index is 1.99. The number of nitrogens with zero attached hydrogens (tertiary/aromatic N) is 3. The maximum absolute atomic E-state index is 12.4. The van der Waals surface area contributed by atoms with Crippen LogP contribution in [0.5, 0.6) is 0 Å². The van der Waals surface area contributed by atoms with Crippen LogP contribution in [0.15, 0.2) is 29.1 Å². The quantitative estimate of drug-likeness (QED) is 0.411. The summed E-state index contributed by atoms with van der Waals surface area (Å²) in [6.45, 7) is 3.60. The van der Waals surface area contributed by atoms with Crippen molar-refractivity contribution in [3.63, 3.8) is 0 Å². The van der Waals surface area contributed by atoms with Gasteiger partial charge in [-0.05, 0) is 11.5 Å². The number of ether oxygens (including phenoxy) is 1. The van der Waals surface area contributed by atoms with E-state index in [0.29, 0.717) is 11.5 Å². The molecule has 1 aliphatic heterocycles. The van der Waals surface area contributed by atoms with Gasteiger partial charge in [0.05, 0.1) is 6.61 Å². The molecule has 2 aromatic heterocycles. The fraction of sp³-hybridized carbons (Fsp3) is 0.421. The molecule has 154 valence electrons. The lowest BCUT2D eigenvalue weighted by atomic mass is 10.0. The predicted octanol–water partition coefficient (Wildman–Crippen LogP) is 0.104. The van der Waals surface area contributed by atoms with Gasteiger partial charge in [0.15, 0.2) is 13.2 Å². The van der Waals surface area contributed by atoms with Gasteiger partial charge in [-0.2, -0.15) is 4.98 Å². The summed E-state index contributed by atoms with van der Waals surface area (Å²) >= 11 is 0. The minimum atomic E-state index is -1.43. The van der Waals surface area contributed by atoms with Crippen molar-refractivity contribution in [1.82, 2.24) is 19.5 Å². The second kappa shape index (κ2) is 7.23. The number of nitrogens with two attached hydrogens (primary N) is 1. The molecule has 10 heteroatoms. The Morgan fingerprint density at radius 2 is 1.97 bits per heavy atom.